The van der Waals surface area contributed by atoms with Crippen LogP contribution in [0.5, 0.6) is 0 Å². The van der Waals surface area contributed by atoms with Crippen LogP contribution in [0, 0.1) is 0 Å². The van der Waals surface area contributed by atoms with Gasteiger partial charge in [0.2, 0.25) is 0 Å². The molecule has 0 aliphatic heterocycles. The second kappa shape index (κ2) is 4.00. The Morgan fingerprint density at radius 1 is 1.12 bits per heavy atom. The summed E-state index contributed by atoms with van der Waals surface area (Å²) in [4.78, 5) is 0. The molecular weight excluding hydrogens is 228 g/mol. The number of benzene rings is 2. The van der Waals surface area contributed by atoms with Crippen LogP contribution < -0.4 is 11.1 Å². The molecular formula is C14H14N2S. The zero-order valence-corrected chi connectivity index (χ0v) is 10.3. The summed E-state index contributed by atoms with van der Waals surface area (Å²) in [5, 5.41) is 5.87. The van der Waals surface area contributed by atoms with Crippen LogP contribution in [0.25, 0.3) is 10.8 Å². The summed E-state index contributed by atoms with van der Waals surface area (Å²) < 4.78 is 0. The van der Waals surface area contributed by atoms with E-state index in [4.69, 9.17) is 18.0 Å². The van der Waals surface area contributed by atoms with Gasteiger partial charge in [-0.1, -0.05) is 30.3 Å². The summed E-state index contributed by atoms with van der Waals surface area (Å²) >= 11 is 4.90. The van der Waals surface area contributed by atoms with Crippen LogP contribution in [0.4, 0.5) is 5.69 Å². The fourth-order valence-electron chi connectivity index (χ4n) is 2.31. The Morgan fingerprint density at radius 3 is 2.47 bits per heavy atom. The molecule has 2 nitrogen and oxygen atoms in total. The number of fused-ring (bicyclic) bond motifs is 1. The van der Waals surface area contributed by atoms with E-state index in [0.717, 1.165) is 11.6 Å². The second-order valence-corrected chi connectivity index (χ2v) is 4.95. The first-order chi connectivity index (χ1) is 8.25. The Morgan fingerprint density at radius 2 is 1.82 bits per heavy atom. The maximum absolute atomic E-state index is 5.55. The molecule has 0 heterocycles. The molecule has 0 spiro atoms. The van der Waals surface area contributed by atoms with Gasteiger partial charge in [0.1, 0.15) is 0 Å². The molecule has 2 aromatic carbocycles. The first kappa shape index (κ1) is 10.5. The Labute approximate surface area is 106 Å². The number of anilines is 1. The molecule has 1 saturated carbocycles. The Balaban J connectivity index is 2.18. The summed E-state index contributed by atoms with van der Waals surface area (Å²) in [6.45, 7) is 0. The van der Waals surface area contributed by atoms with Gasteiger partial charge in [0.05, 0.1) is 0 Å². The highest BCUT2D eigenvalue weighted by Gasteiger charge is 2.25. The molecule has 2 aromatic rings. The Kier molecular flexibility index (Phi) is 2.48. The van der Waals surface area contributed by atoms with Gasteiger partial charge in [0, 0.05) is 11.1 Å². The van der Waals surface area contributed by atoms with E-state index >= 15 is 0 Å². The van der Waals surface area contributed by atoms with Gasteiger partial charge < -0.3 is 11.1 Å². The summed E-state index contributed by atoms with van der Waals surface area (Å²) in [6.07, 6.45) is 2.62. The summed E-state index contributed by atoms with van der Waals surface area (Å²) in [6, 6.07) is 12.7. The van der Waals surface area contributed by atoms with Crippen LogP contribution in [0.1, 0.15) is 24.3 Å². The molecule has 3 rings (SSSR count). The van der Waals surface area contributed by atoms with Gasteiger partial charge in [-0.2, -0.15) is 0 Å². The predicted molar refractivity (Wildman–Crippen MR) is 76.3 cm³/mol. The van der Waals surface area contributed by atoms with Crippen molar-refractivity contribution in [1.82, 2.24) is 0 Å². The normalized spacial score (nSPS) is 14.8. The van der Waals surface area contributed by atoms with Crippen LogP contribution in [-0.2, 0) is 0 Å². The third-order valence-electron chi connectivity index (χ3n) is 3.23. The van der Waals surface area contributed by atoms with E-state index in [2.05, 4.69) is 35.6 Å². The SMILES string of the molecule is NC(=S)Nc1ccc(C2CC2)c2ccccc12. The molecule has 0 aromatic heterocycles. The molecule has 3 N–H and O–H groups in total. The second-order valence-electron chi connectivity index (χ2n) is 4.51. The van der Waals surface area contributed by atoms with E-state index in [1.807, 2.05) is 6.07 Å². The predicted octanol–water partition coefficient (Wildman–Crippen LogP) is 3.37. The van der Waals surface area contributed by atoms with Gasteiger partial charge in [-0.15, -0.1) is 0 Å². The molecule has 1 aliphatic carbocycles. The minimum atomic E-state index is 0.314. The van der Waals surface area contributed by atoms with Crippen molar-refractivity contribution in [2.45, 2.75) is 18.8 Å². The van der Waals surface area contributed by atoms with Crippen LogP contribution >= 0.6 is 12.2 Å². The molecule has 0 radical (unpaired) electrons. The smallest absolute Gasteiger partial charge is 0.168 e. The monoisotopic (exact) mass is 242 g/mol. The van der Waals surface area contributed by atoms with Crippen molar-refractivity contribution in [3.05, 3.63) is 42.0 Å². The molecule has 17 heavy (non-hydrogen) atoms. The van der Waals surface area contributed by atoms with Crippen LogP contribution in [0.3, 0.4) is 0 Å². The summed E-state index contributed by atoms with van der Waals surface area (Å²) in [5.74, 6) is 0.749. The van der Waals surface area contributed by atoms with Gasteiger partial charge >= 0.3 is 0 Å². The highest BCUT2D eigenvalue weighted by Crippen LogP contribution is 2.44. The van der Waals surface area contributed by atoms with Gasteiger partial charge in [-0.25, -0.2) is 0 Å². The summed E-state index contributed by atoms with van der Waals surface area (Å²) in [5.41, 5.74) is 8.00. The topological polar surface area (TPSA) is 38.0 Å². The van der Waals surface area contributed by atoms with Gasteiger partial charge in [0.25, 0.3) is 0 Å². The first-order valence-corrected chi connectivity index (χ1v) is 6.24. The zero-order valence-electron chi connectivity index (χ0n) is 9.44. The van der Waals surface area contributed by atoms with Gasteiger partial charge in [-0.3, -0.25) is 0 Å². The summed E-state index contributed by atoms with van der Waals surface area (Å²) in [7, 11) is 0. The van der Waals surface area contributed by atoms with E-state index in [0.29, 0.717) is 5.11 Å². The quantitative estimate of drug-likeness (QED) is 0.793. The molecule has 0 atom stereocenters. The first-order valence-electron chi connectivity index (χ1n) is 5.84. The lowest BCUT2D eigenvalue weighted by atomic mass is 10.00. The minimum absolute atomic E-state index is 0.314. The van der Waals surface area contributed by atoms with Crippen LogP contribution in [0.15, 0.2) is 36.4 Å². The van der Waals surface area contributed by atoms with E-state index in [9.17, 15) is 0 Å². The molecule has 1 aliphatic rings. The molecule has 3 heteroatoms. The third-order valence-corrected chi connectivity index (χ3v) is 3.33. The van der Waals surface area contributed by atoms with E-state index < -0.39 is 0 Å². The molecule has 86 valence electrons. The number of hydrogen-bond donors (Lipinski definition) is 2. The van der Waals surface area contributed by atoms with Gasteiger partial charge in [0.15, 0.2) is 5.11 Å². The maximum atomic E-state index is 5.55. The van der Waals surface area contributed by atoms with Crippen LogP contribution in [-0.4, -0.2) is 5.11 Å². The molecule has 0 amide bonds. The number of thiocarbonyl (C=S) groups is 1. The number of nitrogens with two attached hydrogens (primary N) is 1. The largest absolute Gasteiger partial charge is 0.376 e. The Hall–Kier alpha value is -1.61. The maximum Gasteiger partial charge on any atom is 0.168 e. The molecule has 0 saturated heterocycles. The third kappa shape index (κ3) is 1.98. The van der Waals surface area contributed by atoms with Crippen molar-refractivity contribution in [2.75, 3.05) is 5.32 Å². The lowest BCUT2D eigenvalue weighted by molar-refractivity contribution is 1.15. The lowest BCUT2D eigenvalue weighted by Gasteiger charge is -2.11. The van der Waals surface area contributed by atoms with Crippen molar-refractivity contribution in [3.8, 4) is 0 Å². The number of nitrogens with one attached hydrogen (secondary N) is 1. The molecule has 0 bridgehead atoms. The average Bonchev–Trinajstić information content (AvgIpc) is 3.13. The zero-order chi connectivity index (χ0) is 11.8. The average molecular weight is 242 g/mol. The molecule has 0 unspecified atom stereocenters. The van der Waals surface area contributed by atoms with E-state index in [1.165, 1.54) is 29.2 Å². The van der Waals surface area contributed by atoms with Gasteiger partial charge in [-0.05, 0) is 48.0 Å². The minimum Gasteiger partial charge on any atom is -0.376 e. The van der Waals surface area contributed by atoms with Crippen molar-refractivity contribution < 1.29 is 0 Å². The highest BCUT2D eigenvalue weighted by molar-refractivity contribution is 7.80. The standard InChI is InChI=1S/C14H14N2S/c15-14(17)16-13-8-7-10(9-5-6-9)11-3-1-2-4-12(11)13/h1-4,7-9H,5-6H2,(H3,15,16,17). The fourth-order valence-corrected chi connectivity index (χ4v) is 2.42. The lowest BCUT2D eigenvalue weighted by Crippen LogP contribution is -2.19. The van der Waals surface area contributed by atoms with Crippen LogP contribution in [0.2, 0.25) is 0 Å². The van der Waals surface area contributed by atoms with E-state index in [-0.39, 0.29) is 0 Å². The highest BCUT2D eigenvalue weighted by atomic mass is 32.1. The Bertz CT molecular complexity index is 588. The van der Waals surface area contributed by atoms with Crippen molar-refractivity contribution in [1.29, 1.82) is 0 Å². The van der Waals surface area contributed by atoms with Crippen molar-refractivity contribution >= 4 is 33.8 Å². The van der Waals surface area contributed by atoms with Crippen molar-refractivity contribution in [2.24, 2.45) is 5.73 Å². The molecule has 1 fully saturated rings. The van der Waals surface area contributed by atoms with Crippen molar-refractivity contribution in [3.63, 3.8) is 0 Å². The fraction of sp³-hybridized carbons (Fsp3) is 0.214. The van der Waals surface area contributed by atoms with E-state index in [1.54, 1.807) is 0 Å². The number of rotatable bonds is 2. The number of hydrogen-bond acceptors (Lipinski definition) is 1.